The van der Waals surface area contributed by atoms with Crippen molar-refractivity contribution in [2.75, 3.05) is 5.32 Å². The monoisotopic (exact) mass is 244 g/mol. The van der Waals surface area contributed by atoms with Gasteiger partial charge >= 0.3 is 0 Å². The van der Waals surface area contributed by atoms with E-state index in [2.05, 4.69) is 21.6 Å². The number of rotatable bonds is 2. The van der Waals surface area contributed by atoms with Crippen LogP contribution in [0.3, 0.4) is 0 Å². The number of aryl methyl sites for hydroxylation is 1. The van der Waals surface area contributed by atoms with Gasteiger partial charge in [-0.3, -0.25) is 0 Å². The molecule has 0 radical (unpaired) electrons. The molecule has 0 spiro atoms. The molecule has 18 heavy (non-hydrogen) atoms. The van der Waals surface area contributed by atoms with Gasteiger partial charge in [-0.15, -0.1) is 5.10 Å². The molecule has 1 heterocycles. The van der Waals surface area contributed by atoms with Gasteiger partial charge in [-0.05, 0) is 32.3 Å². The average Bonchev–Trinajstić information content (AvgIpc) is 2.63. The Kier molecular flexibility index (Phi) is 4.14. The summed E-state index contributed by atoms with van der Waals surface area (Å²) in [7, 11) is 0. The van der Waals surface area contributed by atoms with Crippen molar-refractivity contribution in [3.05, 3.63) is 16.8 Å². The number of hydrogen-bond donors (Lipinski definition) is 1. The third-order valence-corrected chi connectivity index (χ3v) is 3.76. The highest BCUT2D eigenvalue weighted by molar-refractivity contribution is 5.56. The molecule has 1 aliphatic carbocycles. The third kappa shape index (κ3) is 2.79. The first-order valence-electron chi connectivity index (χ1n) is 6.73. The second-order valence-corrected chi connectivity index (χ2v) is 5.08. The Labute approximate surface area is 108 Å². The molecule has 0 amide bonds. The van der Waals surface area contributed by atoms with Crippen LogP contribution in [-0.2, 0) is 0 Å². The van der Waals surface area contributed by atoms with E-state index in [-0.39, 0.29) is 0 Å². The van der Waals surface area contributed by atoms with Crippen LogP contribution in [0.15, 0.2) is 0 Å². The van der Waals surface area contributed by atoms with Crippen LogP contribution in [0.5, 0.6) is 0 Å². The van der Waals surface area contributed by atoms with Gasteiger partial charge < -0.3 is 5.32 Å². The molecule has 0 aromatic carbocycles. The maximum Gasteiger partial charge on any atom is 0.167 e. The Hall–Kier alpha value is -1.63. The Bertz CT molecular complexity index is 454. The number of hydrogen-bond acceptors (Lipinski definition) is 4. The van der Waals surface area contributed by atoms with Gasteiger partial charge in [0.25, 0.3) is 0 Å². The van der Waals surface area contributed by atoms with Crippen LogP contribution in [0, 0.1) is 25.2 Å². The molecule has 1 aromatic rings. The van der Waals surface area contributed by atoms with E-state index in [1.165, 1.54) is 38.5 Å². The minimum atomic E-state index is 0.441. The highest BCUT2D eigenvalue weighted by atomic mass is 15.2. The normalized spacial score (nSPS) is 16.9. The zero-order valence-corrected chi connectivity index (χ0v) is 11.2. The van der Waals surface area contributed by atoms with Gasteiger partial charge in [-0.25, -0.2) is 0 Å². The summed E-state index contributed by atoms with van der Waals surface area (Å²) < 4.78 is 0. The SMILES string of the molecule is Cc1nnc(NC2CCCCCC2)c(C#N)c1C. The topological polar surface area (TPSA) is 61.6 Å². The van der Waals surface area contributed by atoms with E-state index in [0.29, 0.717) is 17.4 Å². The molecule has 1 aliphatic rings. The van der Waals surface area contributed by atoms with Crippen LogP contribution < -0.4 is 5.32 Å². The van der Waals surface area contributed by atoms with Crippen LogP contribution in [0.4, 0.5) is 5.82 Å². The van der Waals surface area contributed by atoms with Crippen LogP contribution in [-0.4, -0.2) is 16.2 Å². The number of aromatic nitrogens is 2. The summed E-state index contributed by atoms with van der Waals surface area (Å²) >= 11 is 0. The predicted octanol–water partition coefficient (Wildman–Crippen LogP) is 3.10. The lowest BCUT2D eigenvalue weighted by Crippen LogP contribution is -2.20. The van der Waals surface area contributed by atoms with E-state index in [4.69, 9.17) is 0 Å². The number of nitrogens with one attached hydrogen (secondary N) is 1. The molecule has 0 saturated heterocycles. The summed E-state index contributed by atoms with van der Waals surface area (Å²) in [6.45, 7) is 3.82. The van der Waals surface area contributed by atoms with Crippen molar-refractivity contribution in [1.82, 2.24) is 10.2 Å². The molecule has 0 bridgehead atoms. The van der Waals surface area contributed by atoms with Crippen LogP contribution in [0.25, 0.3) is 0 Å². The van der Waals surface area contributed by atoms with Crippen molar-refractivity contribution in [3.63, 3.8) is 0 Å². The molecule has 4 nitrogen and oxygen atoms in total. The summed E-state index contributed by atoms with van der Waals surface area (Å²) in [4.78, 5) is 0. The molecule has 1 saturated carbocycles. The van der Waals surface area contributed by atoms with Gasteiger partial charge in [0.1, 0.15) is 11.6 Å². The second kappa shape index (κ2) is 5.81. The molecular weight excluding hydrogens is 224 g/mol. The summed E-state index contributed by atoms with van der Waals surface area (Å²) in [5.74, 6) is 0.660. The van der Waals surface area contributed by atoms with Crippen molar-refractivity contribution < 1.29 is 0 Å². The van der Waals surface area contributed by atoms with E-state index >= 15 is 0 Å². The van der Waals surface area contributed by atoms with Gasteiger partial charge in [0.05, 0.1) is 5.69 Å². The summed E-state index contributed by atoms with van der Waals surface area (Å²) in [5, 5.41) is 20.9. The fraction of sp³-hybridized carbons (Fsp3) is 0.643. The largest absolute Gasteiger partial charge is 0.365 e. The van der Waals surface area contributed by atoms with Crippen molar-refractivity contribution in [2.45, 2.75) is 58.4 Å². The van der Waals surface area contributed by atoms with Crippen LogP contribution in [0.2, 0.25) is 0 Å². The quantitative estimate of drug-likeness (QED) is 0.812. The Morgan fingerprint density at radius 1 is 1.11 bits per heavy atom. The summed E-state index contributed by atoms with van der Waals surface area (Å²) in [5.41, 5.74) is 2.41. The van der Waals surface area contributed by atoms with Crippen LogP contribution in [0.1, 0.15) is 55.3 Å². The zero-order chi connectivity index (χ0) is 13.0. The van der Waals surface area contributed by atoms with Gasteiger partial charge in [0.15, 0.2) is 5.82 Å². The Morgan fingerprint density at radius 3 is 2.39 bits per heavy atom. The molecule has 0 atom stereocenters. The first-order valence-corrected chi connectivity index (χ1v) is 6.73. The molecule has 1 N–H and O–H groups in total. The molecule has 4 heteroatoms. The highest BCUT2D eigenvalue weighted by Gasteiger charge is 2.16. The predicted molar refractivity (Wildman–Crippen MR) is 71.3 cm³/mol. The fourth-order valence-electron chi connectivity index (χ4n) is 2.46. The lowest BCUT2D eigenvalue weighted by molar-refractivity contribution is 0.615. The first kappa shape index (κ1) is 12.8. The van der Waals surface area contributed by atoms with E-state index in [9.17, 15) is 5.26 Å². The molecule has 2 rings (SSSR count). The van der Waals surface area contributed by atoms with Crippen molar-refractivity contribution >= 4 is 5.82 Å². The smallest absolute Gasteiger partial charge is 0.167 e. The minimum absolute atomic E-state index is 0.441. The van der Waals surface area contributed by atoms with E-state index in [1.807, 2.05) is 13.8 Å². The molecule has 1 fully saturated rings. The summed E-state index contributed by atoms with van der Waals surface area (Å²) in [6, 6.07) is 2.69. The standard InChI is InChI=1S/C14H20N4/c1-10-11(2)17-18-14(13(10)9-15)16-12-7-5-3-4-6-8-12/h12H,3-8H2,1-2H3,(H,16,18). The van der Waals surface area contributed by atoms with E-state index in [1.54, 1.807) is 0 Å². The lowest BCUT2D eigenvalue weighted by atomic mass is 10.1. The highest BCUT2D eigenvalue weighted by Crippen LogP contribution is 2.23. The lowest BCUT2D eigenvalue weighted by Gasteiger charge is -2.18. The Balaban J connectivity index is 2.18. The summed E-state index contributed by atoms with van der Waals surface area (Å²) in [6.07, 6.45) is 7.50. The molecule has 0 aliphatic heterocycles. The second-order valence-electron chi connectivity index (χ2n) is 5.08. The number of nitriles is 1. The van der Waals surface area contributed by atoms with Crippen molar-refractivity contribution in [3.8, 4) is 6.07 Å². The van der Waals surface area contributed by atoms with Gasteiger partial charge in [0, 0.05) is 6.04 Å². The molecule has 96 valence electrons. The van der Waals surface area contributed by atoms with Gasteiger partial charge in [-0.2, -0.15) is 10.4 Å². The van der Waals surface area contributed by atoms with Crippen molar-refractivity contribution in [1.29, 1.82) is 5.26 Å². The third-order valence-electron chi connectivity index (χ3n) is 3.76. The minimum Gasteiger partial charge on any atom is -0.365 e. The maximum atomic E-state index is 9.25. The Morgan fingerprint density at radius 2 is 1.78 bits per heavy atom. The van der Waals surface area contributed by atoms with E-state index < -0.39 is 0 Å². The maximum absolute atomic E-state index is 9.25. The van der Waals surface area contributed by atoms with Crippen LogP contribution >= 0.6 is 0 Å². The molecule has 0 unspecified atom stereocenters. The zero-order valence-electron chi connectivity index (χ0n) is 11.2. The molecule has 1 aromatic heterocycles. The number of anilines is 1. The van der Waals surface area contributed by atoms with Gasteiger partial charge in [0.2, 0.25) is 0 Å². The van der Waals surface area contributed by atoms with Crippen molar-refractivity contribution in [2.24, 2.45) is 0 Å². The number of nitrogens with zero attached hydrogens (tertiary/aromatic N) is 3. The van der Waals surface area contributed by atoms with Gasteiger partial charge in [-0.1, -0.05) is 25.7 Å². The first-order chi connectivity index (χ1) is 8.72. The molecular formula is C14H20N4. The fourth-order valence-corrected chi connectivity index (χ4v) is 2.46. The van der Waals surface area contributed by atoms with E-state index in [0.717, 1.165) is 11.3 Å². The average molecular weight is 244 g/mol.